The Morgan fingerprint density at radius 3 is 2.94 bits per heavy atom. The van der Waals surface area contributed by atoms with E-state index in [4.69, 9.17) is 4.74 Å². The molecule has 1 saturated heterocycles. The molecule has 17 heavy (non-hydrogen) atoms. The highest BCUT2D eigenvalue weighted by Gasteiger charge is 2.13. The van der Waals surface area contributed by atoms with Gasteiger partial charge in [-0.05, 0) is 6.92 Å². The topological polar surface area (TPSA) is 55.5 Å². The van der Waals surface area contributed by atoms with Gasteiger partial charge in [0, 0.05) is 26.1 Å². The van der Waals surface area contributed by atoms with E-state index in [0.29, 0.717) is 0 Å². The standard InChI is InChI=1S/C10H15N5OS/c1-8-13-15-9(11-12-10(15)17-8)2-3-14-4-6-16-7-5-14/h2-7H2,1H3. The molecule has 0 amide bonds. The van der Waals surface area contributed by atoms with E-state index in [9.17, 15) is 0 Å². The molecule has 7 heteroatoms. The van der Waals surface area contributed by atoms with Gasteiger partial charge in [0.1, 0.15) is 5.01 Å². The number of hydrogen-bond donors (Lipinski definition) is 0. The lowest BCUT2D eigenvalue weighted by atomic mass is 10.3. The van der Waals surface area contributed by atoms with Crippen molar-refractivity contribution in [2.45, 2.75) is 13.3 Å². The Morgan fingerprint density at radius 2 is 2.12 bits per heavy atom. The van der Waals surface area contributed by atoms with E-state index < -0.39 is 0 Å². The first-order valence-electron chi connectivity index (χ1n) is 5.81. The zero-order valence-electron chi connectivity index (χ0n) is 9.80. The zero-order chi connectivity index (χ0) is 11.7. The van der Waals surface area contributed by atoms with E-state index in [-0.39, 0.29) is 0 Å². The van der Waals surface area contributed by atoms with Gasteiger partial charge in [-0.2, -0.15) is 9.61 Å². The highest BCUT2D eigenvalue weighted by atomic mass is 32.1. The molecule has 1 fully saturated rings. The van der Waals surface area contributed by atoms with Crippen LogP contribution in [0.1, 0.15) is 10.8 Å². The fourth-order valence-electron chi connectivity index (χ4n) is 1.99. The van der Waals surface area contributed by atoms with E-state index in [1.807, 2.05) is 11.4 Å². The smallest absolute Gasteiger partial charge is 0.234 e. The Labute approximate surface area is 103 Å². The minimum Gasteiger partial charge on any atom is -0.379 e. The highest BCUT2D eigenvalue weighted by molar-refractivity contribution is 7.16. The van der Waals surface area contributed by atoms with Crippen molar-refractivity contribution in [2.24, 2.45) is 0 Å². The summed E-state index contributed by atoms with van der Waals surface area (Å²) in [6.07, 6.45) is 0.893. The molecule has 92 valence electrons. The summed E-state index contributed by atoms with van der Waals surface area (Å²) in [5.74, 6) is 0.954. The number of hydrogen-bond acceptors (Lipinski definition) is 6. The second-order valence-corrected chi connectivity index (χ2v) is 5.30. The van der Waals surface area contributed by atoms with Crippen molar-refractivity contribution in [3.05, 3.63) is 10.8 Å². The normalized spacial score (nSPS) is 17.9. The molecule has 0 radical (unpaired) electrons. The molecule has 2 aromatic heterocycles. The Kier molecular flexibility index (Phi) is 3.04. The number of morpholine rings is 1. The maximum atomic E-state index is 5.32. The van der Waals surface area contributed by atoms with Gasteiger partial charge in [0.05, 0.1) is 13.2 Å². The summed E-state index contributed by atoms with van der Waals surface area (Å²) in [5, 5.41) is 13.7. The third kappa shape index (κ3) is 2.31. The Balaban J connectivity index is 1.67. The number of aryl methyl sites for hydroxylation is 1. The molecule has 0 aliphatic carbocycles. The van der Waals surface area contributed by atoms with Crippen LogP contribution >= 0.6 is 11.3 Å². The molecule has 0 atom stereocenters. The lowest BCUT2D eigenvalue weighted by Gasteiger charge is -2.25. The van der Waals surface area contributed by atoms with Gasteiger partial charge in [0.15, 0.2) is 5.82 Å². The maximum Gasteiger partial charge on any atom is 0.234 e. The predicted octanol–water partition coefficient (Wildman–Crippen LogP) is 0.369. The molecule has 0 saturated carbocycles. The molecule has 1 aliphatic rings. The van der Waals surface area contributed by atoms with Crippen molar-refractivity contribution in [3.63, 3.8) is 0 Å². The van der Waals surface area contributed by atoms with Crippen LogP contribution in [0.2, 0.25) is 0 Å². The molecular formula is C10H15N5OS. The van der Waals surface area contributed by atoms with Crippen molar-refractivity contribution < 1.29 is 4.74 Å². The second kappa shape index (κ2) is 4.67. The molecule has 2 aromatic rings. The van der Waals surface area contributed by atoms with E-state index >= 15 is 0 Å². The molecule has 6 nitrogen and oxygen atoms in total. The monoisotopic (exact) mass is 253 g/mol. The first-order chi connectivity index (χ1) is 8.33. The van der Waals surface area contributed by atoms with Crippen molar-refractivity contribution >= 4 is 16.3 Å². The first-order valence-corrected chi connectivity index (χ1v) is 6.62. The average Bonchev–Trinajstić information content (AvgIpc) is 2.87. The molecule has 0 spiro atoms. The second-order valence-electron chi connectivity index (χ2n) is 4.14. The van der Waals surface area contributed by atoms with Gasteiger partial charge in [0.25, 0.3) is 0 Å². The van der Waals surface area contributed by atoms with Crippen LogP contribution in [-0.4, -0.2) is 57.6 Å². The molecule has 1 aliphatic heterocycles. The third-order valence-electron chi connectivity index (χ3n) is 2.91. The van der Waals surface area contributed by atoms with E-state index in [1.165, 1.54) is 0 Å². The Bertz CT molecular complexity index is 502. The lowest BCUT2D eigenvalue weighted by Crippen LogP contribution is -2.37. The molecular weight excluding hydrogens is 238 g/mol. The minimum absolute atomic E-state index is 0.838. The van der Waals surface area contributed by atoms with Crippen LogP contribution in [-0.2, 0) is 11.2 Å². The summed E-state index contributed by atoms with van der Waals surface area (Å²) >= 11 is 1.58. The number of rotatable bonds is 3. The van der Waals surface area contributed by atoms with Crippen molar-refractivity contribution in [3.8, 4) is 0 Å². The number of fused-ring (bicyclic) bond motifs is 1. The zero-order valence-corrected chi connectivity index (χ0v) is 10.6. The lowest BCUT2D eigenvalue weighted by molar-refractivity contribution is 0.0382. The van der Waals surface area contributed by atoms with E-state index in [0.717, 1.165) is 55.1 Å². The molecule has 0 unspecified atom stereocenters. The third-order valence-corrected chi connectivity index (χ3v) is 3.73. The molecule has 3 heterocycles. The summed E-state index contributed by atoms with van der Waals surface area (Å²) in [4.78, 5) is 3.28. The minimum atomic E-state index is 0.838. The van der Waals surface area contributed by atoms with Gasteiger partial charge >= 0.3 is 0 Å². The summed E-state index contributed by atoms with van der Waals surface area (Å²) in [5.41, 5.74) is 0. The highest BCUT2D eigenvalue weighted by Crippen LogP contribution is 2.13. The van der Waals surface area contributed by atoms with Crippen LogP contribution in [0, 0.1) is 6.92 Å². The molecule has 0 aromatic carbocycles. The number of ether oxygens (including phenoxy) is 1. The van der Waals surface area contributed by atoms with Crippen molar-refractivity contribution in [1.82, 2.24) is 24.7 Å². The fourth-order valence-corrected chi connectivity index (χ4v) is 2.69. The molecule has 3 rings (SSSR count). The van der Waals surface area contributed by atoms with Crippen molar-refractivity contribution in [2.75, 3.05) is 32.8 Å². The Hall–Kier alpha value is -1.05. The van der Waals surface area contributed by atoms with Gasteiger partial charge in [-0.15, -0.1) is 10.2 Å². The number of nitrogens with zero attached hydrogens (tertiary/aromatic N) is 5. The Morgan fingerprint density at radius 1 is 1.29 bits per heavy atom. The summed E-state index contributed by atoms with van der Waals surface area (Å²) in [6.45, 7) is 6.69. The summed E-state index contributed by atoms with van der Waals surface area (Å²) in [7, 11) is 0. The van der Waals surface area contributed by atoms with Gasteiger partial charge in [-0.1, -0.05) is 11.3 Å². The SMILES string of the molecule is Cc1nn2c(CCN3CCOCC3)nnc2s1. The number of aromatic nitrogens is 4. The van der Waals surface area contributed by atoms with Crippen molar-refractivity contribution in [1.29, 1.82) is 0 Å². The van der Waals surface area contributed by atoms with E-state index in [2.05, 4.69) is 20.2 Å². The van der Waals surface area contributed by atoms with E-state index in [1.54, 1.807) is 11.3 Å². The van der Waals surface area contributed by atoms with Gasteiger partial charge < -0.3 is 4.74 Å². The van der Waals surface area contributed by atoms with Gasteiger partial charge in [-0.3, -0.25) is 4.90 Å². The van der Waals surface area contributed by atoms with Crippen LogP contribution in [0.5, 0.6) is 0 Å². The summed E-state index contributed by atoms with van der Waals surface area (Å²) in [6, 6.07) is 0. The average molecular weight is 253 g/mol. The largest absolute Gasteiger partial charge is 0.379 e. The van der Waals surface area contributed by atoms with Crippen LogP contribution in [0.4, 0.5) is 0 Å². The summed E-state index contributed by atoms with van der Waals surface area (Å²) < 4.78 is 7.19. The van der Waals surface area contributed by atoms with Gasteiger partial charge in [0.2, 0.25) is 4.96 Å². The van der Waals surface area contributed by atoms with Crippen LogP contribution in [0.25, 0.3) is 4.96 Å². The first kappa shape index (κ1) is 11.1. The van der Waals surface area contributed by atoms with Crippen LogP contribution in [0.15, 0.2) is 0 Å². The van der Waals surface area contributed by atoms with Gasteiger partial charge in [-0.25, -0.2) is 0 Å². The maximum absolute atomic E-state index is 5.32. The quantitative estimate of drug-likeness (QED) is 0.791. The molecule has 0 N–H and O–H groups in total. The fraction of sp³-hybridized carbons (Fsp3) is 0.700. The van der Waals surface area contributed by atoms with Crippen LogP contribution < -0.4 is 0 Å². The molecule has 0 bridgehead atoms. The predicted molar refractivity (Wildman–Crippen MR) is 64.4 cm³/mol. The van der Waals surface area contributed by atoms with Crippen LogP contribution in [0.3, 0.4) is 0 Å².